The summed E-state index contributed by atoms with van der Waals surface area (Å²) in [7, 11) is 1.73. The lowest BCUT2D eigenvalue weighted by molar-refractivity contribution is -0.148. The van der Waals surface area contributed by atoms with Gasteiger partial charge in [-0.2, -0.15) is 0 Å². The molecule has 0 bridgehead atoms. The van der Waals surface area contributed by atoms with Crippen LogP contribution < -0.4 is 0 Å². The molecule has 0 radical (unpaired) electrons. The molecule has 5 nitrogen and oxygen atoms in total. The van der Waals surface area contributed by atoms with Gasteiger partial charge in [-0.25, -0.2) is 4.79 Å². The number of aromatic nitrogens is 1. The Hall–Kier alpha value is -1.49. The van der Waals surface area contributed by atoms with Gasteiger partial charge in [0.2, 0.25) is 0 Å². The highest BCUT2D eigenvalue weighted by Gasteiger charge is 2.45. The van der Waals surface area contributed by atoms with Crippen molar-refractivity contribution in [2.45, 2.75) is 32.7 Å². The molecule has 0 saturated carbocycles. The first-order chi connectivity index (χ1) is 9.24. The molecule has 1 amide bonds. The van der Waals surface area contributed by atoms with Crippen LogP contribution in [0.4, 0.5) is 0 Å². The predicted octanol–water partition coefficient (Wildman–Crippen LogP) is 2.39. The van der Waals surface area contributed by atoms with Gasteiger partial charge in [-0.05, 0) is 24.3 Å². The number of hydrogen-bond donors (Lipinski definition) is 1. The van der Waals surface area contributed by atoms with E-state index in [1.807, 2.05) is 13.8 Å². The third-order valence-electron chi connectivity index (χ3n) is 3.96. The van der Waals surface area contributed by atoms with Crippen LogP contribution in [0, 0.1) is 5.41 Å². The summed E-state index contributed by atoms with van der Waals surface area (Å²) in [4.78, 5) is 25.7. The quantitative estimate of drug-likeness (QED) is 0.912. The molecule has 0 spiro atoms. The van der Waals surface area contributed by atoms with Gasteiger partial charge in [0.15, 0.2) is 0 Å². The number of likely N-dealkylation sites (tertiary alicyclic amines) is 1. The summed E-state index contributed by atoms with van der Waals surface area (Å²) >= 11 is 5.90. The molecular weight excluding hydrogens is 280 g/mol. The molecule has 1 N–H and O–H groups in total. The number of carboxylic acid groups (broad SMARTS) is 1. The van der Waals surface area contributed by atoms with Crippen LogP contribution in [0.3, 0.4) is 0 Å². The summed E-state index contributed by atoms with van der Waals surface area (Å²) < 4.78 is 1.63. The fraction of sp³-hybridized carbons (Fsp3) is 0.571. The molecule has 1 aliphatic heterocycles. The van der Waals surface area contributed by atoms with E-state index in [-0.39, 0.29) is 5.91 Å². The average molecular weight is 299 g/mol. The standard InChI is InChI=1S/C14H19ClN2O3/c1-14(2)5-4-6-17(11(14)13(19)20)12(18)10-7-9(15)8-16(10)3/h7-8,11H,4-6H2,1-3H3,(H,19,20). The second-order valence-corrected chi connectivity index (χ2v) is 6.42. The maximum atomic E-state index is 12.6. The average Bonchev–Trinajstić information content (AvgIpc) is 2.65. The zero-order chi connectivity index (χ0) is 15.1. The molecule has 1 fully saturated rings. The molecular formula is C14H19ClN2O3. The number of carbonyl (C=O) groups excluding carboxylic acids is 1. The van der Waals surface area contributed by atoms with Crippen molar-refractivity contribution < 1.29 is 14.7 Å². The highest BCUT2D eigenvalue weighted by molar-refractivity contribution is 6.31. The highest BCUT2D eigenvalue weighted by Crippen LogP contribution is 2.36. The zero-order valence-corrected chi connectivity index (χ0v) is 12.6. The van der Waals surface area contributed by atoms with Crippen LogP contribution in [0.25, 0.3) is 0 Å². The Kier molecular flexibility index (Phi) is 3.82. The number of piperidine rings is 1. The first kappa shape index (κ1) is 14.9. The van der Waals surface area contributed by atoms with Crippen molar-refractivity contribution in [2.75, 3.05) is 6.54 Å². The molecule has 1 unspecified atom stereocenters. The Labute approximate surface area is 123 Å². The van der Waals surface area contributed by atoms with E-state index in [4.69, 9.17) is 11.6 Å². The molecule has 2 heterocycles. The summed E-state index contributed by atoms with van der Waals surface area (Å²) in [6.45, 7) is 4.24. The second kappa shape index (κ2) is 5.13. The summed E-state index contributed by atoms with van der Waals surface area (Å²) in [5, 5.41) is 9.96. The Balaban J connectivity index is 2.36. The van der Waals surface area contributed by atoms with E-state index in [1.54, 1.807) is 23.9 Å². The number of hydrogen-bond acceptors (Lipinski definition) is 2. The topological polar surface area (TPSA) is 62.5 Å². The van der Waals surface area contributed by atoms with E-state index in [9.17, 15) is 14.7 Å². The molecule has 0 aliphatic carbocycles. The monoisotopic (exact) mass is 298 g/mol. The summed E-state index contributed by atoms with van der Waals surface area (Å²) in [5.74, 6) is -1.23. The van der Waals surface area contributed by atoms with Gasteiger partial charge in [-0.3, -0.25) is 4.79 Å². The van der Waals surface area contributed by atoms with Crippen LogP contribution in [0.2, 0.25) is 5.02 Å². The molecule has 110 valence electrons. The lowest BCUT2D eigenvalue weighted by Crippen LogP contribution is -2.56. The minimum absolute atomic E-state index is 0.278. The summed E-state index contributed by atoms with van der Waals surface area (Å²) in [6, 6.07) is 0.766. The van der Waals surface area contributed by atoms with Crippen LogP contribution in [-0.2, 0) is 11.8 Å². The van der Waals surface area contributed by atoms with Crippen molar-refractivity contribution in [2.24, 2.45) is 12.5 Å². The maximum absolute atomic E-state index is 12.6. The van der Waals surface area contributed by atoms with Crippen molar-refractivity contribution in [3.63, 3.8) is 0 Å². The van der Waals surface area contributed by atoms with Crippen LogP contribution in [0.1, 0.15) is 37.2 Å². The number of aryl methyl sites for hydroxylation is 1. The van der Waals surface area contributed by atoms with Gasteiger partial charge in [0.1, 0.15) is 11.7 Å². The Morgan fingerprint density at radius 2 is 2.10 bits per heavy atom. The smallest absolute Gasteiger partial charge is 0.326 e. The number of amides is 1. The fourth-order valence-electron chi connectivity index (χ4n) is 2.96. The van der Waals surface area contributed by atoms with E-state index in [0.717, 1.165) is 12.8 Å². The van der Waals surface area contributed by atoms with Crippen molar-refractivity contribution in [1.82, 2.24) is 9.47 Å². The molecule has 20 heavy (non-hydrogen) atoms. The number of carboxylic acids is 1. The molecule has 2 rings (SSSR count). The Morgan fingerprint density at radius 3 is 2.60 bits per heavy atom. The predicted molar refractivity (Wildman–Crippen MR) is 75.9 cm³/mol. The summed E-state index contributed by atoms with van der Waals surface area (Å²) in [6.07, 6.45) is 3.24. The number of aliphatic carboxylic acids is 1. The molecule has 1 aromatic rings. The van der Waals surface area contributed by atoms with Crippen molar-refractivity contribution >= 4 is 23.5 Å². The third-order valence-corrected chi connectivity index (χ3v) is 4.16. The number of carbonyl (C=O) groups is 2. The lowest BCUT2D eigenvalue weighted by Gasteiger charge is -2.43. The van der Waals surface area contributed by atoms with Crippen LogP contribution in [0.5, 0.6) is 0 Å². The number of nitrogens with zero attached hydrogens (tertiary/aromatic N) is 2. The van der Waals surface area contributed by atoms with Gasteiger partial charge in [0, 0.05) is 19.8 Å². The number of rotatable bonds is 2. The molecule has 1 aliphatic rings. The minimum Gasteiger partial charge on any atom is -0.480 e. The van der Waals surface area contributed by atoms with E-state index >= 15 is 0 Å². The number of halogens is 1. The van der Waals surface area contributed by atoms with Crippen LogP contribution in [-0.4, -0.2) is 39.0 Å². The third kappa shape index (κ3) is 2.54. The van der Waals surface area contributed by atoms with Crippen molar-refractivity contribution in [3.8, 4) is 0 Å². The SMILES string of the molecule is Cn1cc(Cl)cc1C(=O)N1CCCC(C)(C)C1C(=O)O. The Morgan fingerprint density at radius 1 is 1.45 bits per heavy atom. The largest absolute Gasteiger partial charge is 0.480 e. The van der Waals surface area contributed by atoms with Gasteiger partial charge in [0.25, 0.3) is 5.91 Å². The molecule has 0 aromatic carbocycles. The zero-order valence-electron chi connectivity index (χ0n) is 11.9. The van der Waals surface area contributed by atoms with Gasteiger partial charge >= 0.3 is 5.97 Å². The lowest BCUT2D eigenvalue weighted by atomic mass is 9.76. The second-order valence-electron chi connectivity index (χ2n) is 5.99. The van der Waals surface area contributed by atoms with Gasteiger partial charge in [-0.15, -0.1) is 0 Å². The van der Waals surface area contributed by atoms with Crippen LogP contribution in [0.15, 0.2) is 12.3 Å². The van der Waals surface area contributed by atoms with E-state index in [0.29, 0.717) is 17.3 Å². The molecule has 6 heteroatoms. The first-order valence-electron chi connectivity index (χ1n) is 6.59. The maximum Gasteiger partial charge on any atom is 0.326 e. The van der Waals surface area contributed by atoms with Gasteiger partial charge in [0.05, 0.1) is 5.02 Å². The molecule has 1 saturated heterocycles. The summed E-state index contributed by atoms with van der Waals surface area (Å²) in [5.41, 5.74) is -0.0201. The van der Waals surface area contributed by atoms with E-state index in [2.05, 4.69) is 0 Å². The normalized spacial score (nSPS) is 21.8. The van der Waals surface area contributed by atoms with E-state index in [1.165, 1.54) is 4.90 Å². The van der Waals surface area contributed by atoms with E-state index < -0.39 is 17.4 Å². The highest BCUT2D eigenvalue weighted by atomic mass is 35.5. The Bertz CT molecular complexity index is 551. The van der Waals surface area contributed by atoms with Gasteiger partial charge in [-0.1, -0.05) is 25.4 Å². The molecule has 1 aromatic heterocycles. The molecule has 1 atom stereocenters. The van der Waals surface area contributed by atoms with Crippen molar-refractivity contribution in [1.29, 1.82) is 0 Å². The van der Waals surface area contributed by atoms with Crippen molar-refractivity contribution in [3.05, 3.63) is 23.0 Å². The van der Waals surface area contributed by atoms with Crippen LogP contribution >= 0.6 is 11.6 Å². The minimum atomic E-state index is -0.955. The van der Waals surface area contributed by atoms with Gasteiger partial charge < -0.3 is 14.6 Å². The fourth-order valence-corrected chi connectivity index (χ4v) is 3.21. The first-order valence-corrected chi connectivity index (χ1v) is 6.97.